The minimum atomic E-state index is -0.287. The zero-order valence-corrected chi connectivity index (χ0v) is 15.4. The number of hydrogen-bond acceptors (Lipinski definition) is 4. The van der Waals surface area contributed by atoms with Gasteiger partial charge in [0.05, 0.1) is 10.6 Å². The number of nitrogens with zero attached hydrogens (tertiary/aromatic N) is 2. The van der Waals surface area contributed by atoms with E-state index in [2.05, 4.69) is 22.2 Å². The Labute approximate surface area is 160 Å². The van der Waals surface area contributed by atoms with Gasteiger partial charge in [-0.25, -0.2) is 0 Å². The Hall–Kier alpha value is -1.82. The molecule has 1 saturated heterocycles. The van der Waals surface area contributed by atoms with Gasteiger partial charge in [-0.3, -0.25) is 4.79 Å². The Morgan fingerprint density at radius 3 is 2.68 bits per heavy atom. The van der Waals surface area contributed by atoms with Gasteiger partial charge in [0, 0.05) is 19.2 Å². The number of pyridine rings is 1. The third-order valence-corrected chi connectivity index (χ3v) is 4.37. The monoisotopic (exact) mass is 381 g/mol. The predicted octanol–water partition coefficient (Wildman–Crippen LogP) is 0.577. The fraction of sp³-hybridized carbons (Fsp3) is 0.333. The average Bonchev–Trinajstić information content (AvgIpc) is 2.58. The third kappa shape index (κ3) is 5.33. The van der Waals surface area contributed by atoms with Crippen LogP contribution in [0.5, 0.6) is 5.88 Å². The minimum Gasteiger partial charge on any atom is -1.00 e. The van der Waals surface area contributed by atoms with Crippen LogP contribution in [-0.2, 0) is 0 Å². The van der Waals surface area contributed by atoms with Crippen LogP contribution in [0.15, 0.2) is 42.5 Å². The Morgan fingerprint density at radius 2 is 1.96 bits per heavy atom. The smallest absolute Gasteiger partial charge is 1.00 e. The largest absolute Gasteiger partial charge is 1.00 e. The van der Waals surface area contributed by atoms with Crippen LogP contribution in [-0.4, -0.2) is 42.0 Å². The molecule has 1 aromatic heterocycles. The molecule has 2 heterocycles. The van der Waals surface area contributed by atoms with Gasteiger partial charge in [-0.05, 0) is 38.1 Å². The second kappa shape index (κ2) is 9.04. The molecule has 2 aromatic rings. The van der Waals surface area contributed by atoms with Gasteiger partial charge in [-0.1, -0.05) is 29.8 Å². The first-order chi connectivity index (χ1) is 11.6. The van der Waals surface area contributed by atoms with Gasteiger partial charge < -0.3 is 27.4 Å². The molecule has 0 aliphatic carbocycles. The molecular weight excluding hydrogens is 361 g/mol. The normalized spacial score (nSPS) is 15.3. The lowest BCUT2D eigenvalue weighted by Gasteiger charge is -2.28. The maximum absolute atomic E-state index is 12.3. The highest BCUT2D eigenvalue weighted by Gasteiger charge is 2.18. The van der Waals surface area contributed by atoms with E-state index >= 15 is 0 Å². The third-order valence-electron chi connectivity index (χ3n) is 4.04. The minimum absolute atomic E-state index is 0. The van der Waals surface area contributed by atoms with E-state index in [1.54, 1.807) is 30.3 Å². The lowest BCUT2D eigenvalue weighted by Crippen LogP contribution is -3.00. The molecule has 25 heavy (non-hydrogen) atoms. The molecule has 1 aliphatic rings. The van der Waals surface area contributed by atoms with Crippen molar-refractivity contribution in [3.8, 4) is 5.88 Å². The van der Waals surface area contributed by atoms with Gasteiger partial charge in [0.25, 0.3) is 5.91 Å². The SMILES string of the molecule is CN1CCC(Oc2cccc(NC(=O)c3ccccc3Cl)n2)CC1.[Cl-].[H+]. The molecule has 7 heteroatoms. The molecule has 0 unspecified atom stereocenters. The molecule has 1 amide bonds. The maximum atomic E-state index is 12.3. The molecule has 1 aromatic carbocycles. The van der Waals surface area contributed by atoms with Crippen molar-refractivity contribution in [2.24, 2.45) is 0 Å². The number of aromatic nitrogens is 1. The van der Waals surface area contributed by atoms with Crippen molar-refractivity contribution >= 4 is 23.3 Å². The van der Waals surface area contributed by atoms with Gasteiger partial charge in [0.15, 0.2) is 0 Å². The molecule has 0 saturated carbocycles. The number of benzene rings is 1. The average molecular weight is 382 g/mol. The summed E-state index contributed by atoms with van der Waals surface area (Å²) >= 11 is 6.05. The zero-order valence-electron chi connectivity index (χ0n) is 14.9. The number of likely N-dealkylation sites (tertiary alicyclic amines) is 1. The summed E-state index contributed by atoms with van der Waals surface area (Å²) in [6.45, 7) is 2.04. The van der Waals surface area contributed by atoms with Crippen molar-refractivity contribution in [2.45, 2.75) is 18.9 Å². The van der Waals surface area contributed by atoms with Crippen molar-refractivity contribution in [3.05, 3.63) is 53.1 Å². The first-order valence-corrected chi connectivity index (χ1v) is 8.38. The molecule has 134 valence electrons. The van der Waals surface area contributed by atoms with Crippen LogP contribution < -0.4 is 22.5 Å². The summed E-state index contributed by atoms with van der Waals surface area (Å²) in [6.07, 6.45) is 2.13. The van der Waals surface area contributed by atoms with E-state index in [1.165, 1.54) is 0 Å². The number of carbonyl (C=O) groups is 1. The summed E-state index contributed by atoms with van der Waals surface area (Å²) in [6, 6.07) is 12.3. The zero-order chi connectivity index (χ0) is 16.9. The molecule has 1 aliphatic heterocycles. The summed E-state index contributed by atoms with van der Waals surface area (Å²) in [5.74, 6) is 0.691. The summed E-state index contributed by atoms with van der Waals surface area (Å²) in [5, 5.41) is 3.17. The lowest BCUT2D eigenvalue weighted by atomic mass is 10.1. The number of anilines is 1. The Morgan fingerprint density at radius 1 is 1.24 bits per heavy atom. The van der Waals surface area contributed by atoms with Crippen LogP contribution in [0.25, 0.3) is 0 Å². The van der Waals surface area contributed by atoms with E-state index in [9.17, 15) is 4.79 Å². The Bertz CT molecular complexity index is 725. The number of rotatable bonds is 4. The van der Waals surface area contributed by atoms with E-state index in [0.717, 1.165) is 25.9 Å². The van der Waals surface area contributed by atoms with E-state index < -0.39 is 0 Å². The first kappa shape index (κ1) is 19.5. The fourth-order valence-corrected chi connectivity index (χ4v) is 2.87. The highest BCUT2D eigenvalue weighted by Crippen LogP contribution is 2.20. The van der Waals surface area contributed by atoms with Crippen molar-refractivity contribution in [2.75, 3.05) is 25.5 Å². The van der Waals surface area contributed by atoms with Crippen molar-refractivity contribution in [3.63, 3.8) is 0 Å². The molecule has 0 spiro atoms. The quantitative estimate of drug-likeness (QED) is 0.841. The maximum Gasteiger partial charge on any atom is 1.00 e. The highest BCUT2D eigenvalue weighted by atomic mass is 35.5. The van der Waals surface area contributed by atoms with E-state index in [1.807, 2.05) is 12.1 Å². The van der Waals surface area contributed by atoms with Gasteiger partial charge in [0.1, 0.15) is 11.9 Å². The number of hydrogen-bond donors (Lipinski definition) is 1. The van der Waals surface area contributed by atoms with Crippen molar-refractivity contribution < 1.29 is 23.4 Å². The number of halogens is 2. The van der Waals surface area contributed by atoms with Gasteiger partial charge in [-0.2, -0.15) is 4.98 Å². The summed E-state index contributed by atoms with van der Waals surface area (Å²) in [7, 11) is 2.11. The van der Waals surface area contributed by atoms with Crippen LogP contribution in [0.1, 0.15) is 24.6 Å². The first-order valence-electron chi connectivity index (χ1n) is 8.00. The van der Waals surface area contributed by atoms with Gasteiger partial charge in [0.2, 0.25) is 5.88 Å². The molecule has 3 rings (SSSR count). The van der Waals surface area contributed by atoms with Crippen LogP contribution in [0.2, 0.25) is 5.02 Å². The summed E-state index contributed by atoms with van der Waals surface area (Å²) in [4.78, 5) is 18.9. The summed E-state index contributed by atoms with van der Waals surface area (Å²) in [5.41, 5.74) is 0.419. The predicted molar refractivity (Wildman–Crippen MR) is 95.9 cm³/mol. The molecule has 1 fully saturated rings. The topological polar surface area (TPSA) is 54.5 Å². The highest BCUT2D eigenvalue weighted by molar-refractivity contribution is 6.34. The molecular formula is C18H21Cl2N3O2. The Kier molecular flexibility index (Phi) is 7.05. The second-order valence-corrected chi connectivity index (χ2v) is 6.32. The van der Waals surface area contributed by atoms with E-state index in [-0.39, 0.29) is 25.8 Å². The number of ether oxygens (including phenoxy) is 1. The van der Waals surface area contributed by atoms with Crippen LogP contribution in [0, 0.1) is 0 Å². The second-order valence-electron chi connectivity index (χ2n) is 5.92. The number of piperidine rings is 1. The van der Waals surface area contributed by atoms with Crippen molar-refractivity contribution in [1.82, 2.24) is 9.88 Å². The molecule has 0 radical (unpaired) electrons. The van der Waals surface area contributed by atoms with Gasteiger partial charge in [-0.15, -0.1) is 0 Å². The number of amides is 1. The summed E-state index contributed by atoms with van der Waals surface area (Å²) < 4.78 is 5.94. The van der Waals surface area contributed by atoms with E-state index in [0.29, 0.717) is 22.3 Å². The standard InChI is InChI=1S/C18H20ClN3O2.ClH/c1-22-11-9-13(10-12-22)24-17-8-4-7-16(20-17)21-18(23)14-5-2-3-6-15(14)19;/h2-8,13H,9-12H2,1H3,(H,20,21,23);1H. The van der Waals surface area contributed by atoms with Gasteiger partial charge >= 0.3 is 1.43 Å². The fourth-order valence-electron chi connectivity index (χ4n) is 2.65. The van der Waals surface area contributed by atoms with Crippen molar-refractivity contribution in [1.29, 1.82) is 0 Å². The number of carbonyl (C=O) groups excluding carboxylic acids is 1. The van der Waals surface area contributed by atoms with Crippen LogP contribution >= 0.6 is 11.6 Å². The Balaban J connectivity index is 0.00000169. The lowest BCUT2D eigenvalue weighted by molar-refractivity contribution is -0.0000141. The molecule has 0 atom stereocenters. The molecule has 1 N–H and O–H groups in total. The number of nitrogens with one attached hydrogen (secondary N) is 1. The van der Waals surface area contributed by atoms with Crippen LogP contribution in [0.4, 0.5) is 5.82 Å². The molecule has 5 nitrogen and oxygen atoms in total. The van der Waals surface area contributed by atoms with Crippen LogP contribution in [0.3, 0.4) is 0 Å². The molecule has 0 bridgehead atoms. The van der Waals surface area contributed by atoms with E-state index in [4.69, 9.17) is 16.3 Å².